The molecule has 1 amide bonds. The number of aryl methyl sites for hydroxylation is 1. The summed E-state index contributed by atoms with van der Waals surface area (Å²) in [6.07, 6.45) is 3.35. The third-order valence-electron chi connectivity index (χ3n) is 4.06. The standard InChI is InChI=1S/C15H21NO3S/c1-3-10-7-8-16(12(9-10)15(18)19)14(17)13-6-5-11(4-2)20-13/h5-6,10,12H,3-4,7-9H2,1-2H3,(H,18,19). The molecule has 2 rings (SSSR count). The van der Waals surface area contributed by atoms with Gasteiger partial charge in [0.15, 0.2) is 0 Å². The van der Waals surface area contributed by atoms with E-state index in [9.17, 15) is 14.7 Å². The van der Waals surface area contributed by atoms with Gasteiger partial charge < -0.3 is 10.0 Å². The summed E-state index contributed by atoms with van der Waals surface area (Å²) in [5.74, 6) is -0.602. The average molecular weight is 295 g/mol. The highest BCUT2D eigenvalue weighted by Gasteiger charge is 2.36. The molecule has 1 aliphatic rings. The molecule has 110 valence electrons. The Balaban J connectivity index is 2.16. The molecule has 0 aliphatic carbocycles. The second-order valence-electron chi connectivity index (χ2n) is 5.27. The number of carboxylic acids is 1. The van der Waals surface area contributed by atoms with E-state index < -0.39 is 12.0 Å². The van der Waals surface area contributed by atoms with Crippen LogP contribution in [-0.2, 0) is 11.2 Å². The molecule has 20 heavy (non-hydrogen) atoms. The maximum absolute atomic E-state index is 12.5. The van der Waals surface area contributed by atoms with E-state index in [1.165, 1.54) is 11.3 Å². The quantitative estimate of drug-likeness (QED) is 0.929. The Morgan fingerprint density at radius 1 is 1.40 bits per heavy atom. The van der Waals surface area contributed by atoms with Crippen LogP contribution in [-0.4, -0.2) is 34.5 Å². The minimum Gasteiger partial charge on any atom is -0.480 e. The van der Waals surface area contributed by atoms with Crippen LogP contribution in [0.15, 0.2) is 12.1 Å². The van der Waals surface area contributed by atoms with Gasteiger partial charge in [0.2, 0.25) is 0 Å². The molecule has 1 aliphatic heterocycles. The van der Waals surface area contributed by atoms with E-state index in [0.29, 0.717) is 23.8 Å². The average Bonchev–Trinajstić information content (AvgIpc) is 2.94. The highest BCUT2D eigenvalue weighted by molar-refractivity contribution is 7.14. The van der Waals surface area contributed by atoms with Crippen LogP contribution in [0.25, 0.3) is 0 Å². The van der Waals surface area contributed by atoms with Gasteiger partial charge in [0.05, 0.1) is 4.88 Å². The molecule has 1 saturated heterocycles. The Morgan fingerprint density at radius 2 is 2.15 bits per heavy atom. The fourth-order valence-corrected chi connectivity index (χ4v) is 3.61. The van der Waals surface area contributed by atoms with Gasteiger partial charge in [0.1, 0.15) is 6.04 Å². The summed E-state index contributed by atoms with van der Waals surface area (Å²) in [5, 5.41) is 9.38. The summed E-state index contributed by atoms with van der Waals surface area (Å²) in [4.78, 5) is 27.3. The highest BCUT2D eigenvalue weighted by Crippen LogP contribution is 2.28. The van der Waals surface area contributed by atoms with Gasteiger partial charge in [-0.05, 0) is 37.3 Å². The first-order chi connectivity index (χ1) is 9.56. The molecule has 2 unspecified atom stereocenters. The molecule has 1 N–H and O–H groups in total. The number of piperidine rings is 1. The molecule has 1 aromatic heterocycles. The number of hydrogen-bond donors (Lipinski definition) is 1. The first kappa shape index (κ1) is 15.0. The Kier molecular flexibility index (Phi) is 4.81. The number of thiophene rings is 1. The van der Waals surface area contributed by atoms with Crippen molar-refractivity contribution in [2.45, 2.75) is 45.6 Å². The van der Waals surface area contributed by atoms with Crippen molar-refractivity contribution < 1.29 is 14.7 Å². The van der Waals surface area contributed by atoms with E-state index in [1.54, 1.807) is 4.90 Å². The Morgan fingerprint density at radius 3 is 2.70 bits per heavy atom. The molecule has 2 atom stereocenters. The van der Waals surface area contributed by atoms with Crippen molar-refractivity contribution in [2.75, 3.05) is 6.54 Å². The number of amides is 1. The van der Waals surface area contributed by atoms with Crippen LogP contribution in [0, 0.1) is 5.92 Å². The number of hydrogen-bond acceptors (Lipinski definition) is 3. The summed E-state index contributed by atoms with van der Waals surface area (Å²) >= 11 is 1.47. The summed E-state index contributed by atoms with van der Waals surface area (Å²) in [6.45, 7) is 4.68. The summed E-state index contributed by atoms with van der Waals surface area (Å²) in [6, 6.07) is 3.09. The van der Waals surface area contributed by atoms with Crippen LogP contribution < -0.4 is 0 Å². The first-order valence-corrected chi connectivity index (χ1v) is 8.00. The summed E-state index contributed by atoms with van der Waals surface area (Å²) in [5.41, 5.74) is 0. The SMILES string of the molecule is CCc1ccc(C(=O)N2CCC(CC)CC2C(=O)O)s1. The Labute approximate surface area is 123 Å². The molecule has 1 fully saturated rings. The Bertz CT molecular complexity index is 497. The second-order valence-corrected chi connectivity index (χ2v) is 6.44. The van der Waals surface area contributed by atoms with E-state index in [4.69, 9.17) is 0 Å². The molecule has 0 saturated carbocycles. The van der Waals surface area contributed by atoms with E-state index in [0.717, 1.165) is 24.1 Å². The molecule has 0 spiro atoms. The molecular formula is C15H21NO3S. The largest absolute Gasteiger partial charge is 0.480 e. The van der Waals surface area contributed by atoms with Crippen LogP contribution in [0.5, 0.6) is 0 Å². The third-order valence-corrected chi connectivity index (χ3v) is 5.27. The zero-order chi connectivity index (χ0) is 14.7. The normalized spacial score (nSPS) is 22.8. The summed E-state index contributed by atoms with van der Waals surface area (Å²) < 4.78 is 0. The van der Waals surface area contributed by atoms with Gasteiger partial charge >= 0.3 is 5.97 Å². The van der Waals surface area contributed by atoms with Gasteiger partial charge in [0.25, 0.3) is 5.91 Å². The van der Waals surface area contributed by atoms with Crippen LogP contribution in [0.3, 0.4) is 0 Å². The van der Waals surface area contributed by atoms with E-state index in [1.807, 2.05) is 19.1 Å². The second kappa shape index (κ2) is 6.39. The first-order valence-electron chi connectivity index (χ1n) is 7.19. The van der Waals surface area contributed by atoms with Gasteiger partial charge in [0, 0.05) is 11.4 Å². The fourth-order valence-electron chi connectivity index (χ4n) is 2.71. The minimum atomic E-state index is -0.885. The summed E-state index contributed by atoms with van der Waals surface area (Å²) in [7, 11) is 0. The van der Waals surface area contributed by atoms with Gasteiger partial charge in [-0.3, -0.25) is 4.79 Å². The number of aliphatic carboxylic acids is 1. The van der Waals surface area contributed by atoms with Gasteiger partial charge in [-0.25, -0.2) is 4.79 Å². The lowest BCUT2D eigenvalue weighted by Crippen LogP contribution is -2.49. The predicted molar refractivity (Wildman–Crippen MR) is 79.2 cm³/mol. The van der Waals surface area contributed by atoms with Crippen molar-refractivity contribution >= 4 is 23.2 Å². The number of carbonyl (C=O) groups is 2. The molecular weight excluding hydrogens is 274 g/mol. The van der Waals surface area contributed by atoms with E-state index >= 15 is 0 Å². The lowest BCUT2D eigenvalue weighted by Gasteiger charge is -2.36. The van der Waals surface area contributed by atoms with Gasteiger partial charge in [-0.1, -0.05) is 20.3 Å². The van der Waals surface area contributed by atoms with Crippen molar-refractivity contribution in [1.82, 2.24) is 4.90 Å². The van der Waals surface area contributed by atoms with Crippen LogP contribution in [0.2, 0.25) is 0 Å². The lowest BCUT2D eigenvalue weighted by molar-refractivity contribution is -0.144. The van der Waals surface area contributed by atoms with Gasteiger partial charge in [-0.15, -0.1) is 11.3 Å². The molecule has 5 heteroatoms. The molecule has 0 aromatic carbocycles. The highest BCUT2D eigenvalue weighted by atomic mass is 32.1. The van der Waals surface area contributed by atoms with Crippen LogP contribution >= 0.6 is 11.3 Å². The van der Waals surface area contributed by atoms with Gasteiger partial charge in [-0.2, -0.15) is 0 Å². The van der Waals surface area contributed by atoms with E-state index in [-0.39, 0.29) is 5.91 Å². The van der Waals surface area contributed by atoms with E-state index in [2.05, 4.69) is 6.92 Å². The molecule has 0 bridgehead atoms. The zero-order valence-electron chi connectivity index (χ0n) is 12.0. The maximum Gasteiger partial charge on any atom is 0.326 e. The van der Waals surface area contributed by atoms with Crippen LogP contribution in [0.1, 0.15) is 47.7 Å². The maximum atomic E-state index is 12.5. The number of rotatable bonds is 4. The monoisotopic (exact) mass is 295 g/mol. The molecule has 4 nitrogen and oxygen atoms in total. The zero-order valence-corrected chi connectivity index (χ0v) is 12.8. The predicted octanol–water partition coefficient (Wildman–Crippen LogP) is 3.03. The molecule has 1 aromatic rings. The molecule has 0 radical (unpaired) electrons. The fraction of sp³-hybridized carbons (Fsp3) is 0.600. The number of carboxylic acid groups (broad SMARTS) is 1. The third kappa shape index (κ3) is 3.03. The smallest absolute Gasteiger partial charge is 0.326 e. The van der Waals surface area contributed by atoms with Crippen LogP contribution in [0.4, 0.5) is 0 Å². The molecule has 2 heterocycles. The van der Waals surface area contributed by atoms with Crippen molar-refractivity contribution in [2.24, 2.45) is 5.92 Å². The number of likely N-dealkylation sites (tertiary alicyclic amines) is 1. The Hall–Kier alpha value is -1.36. The van der Waals surface area contributed by atoms with Crippen molar-refractivity contribution in [3.05, 3.63) is 21.9 Å². The van der Waals surface area contributed by atoms with Crippen molar-refractivity contribution in [1.29, 1.82) is 0 Å². The van der Waals surface area contributed by atoms with Crippen molar-refractivity contribution in [3.63, 3.8) is 0 Å². The minimum absolute atomic E-state index is 0.128. The number of nitrogens with zero attached hydrogens (tertiary/aromatic N) is 1. The lowest BCUT2D eigenvalue weighted by atomic mass is 9.89. The van der Waals surface area contributed by atoms with Crippen molar-refractivity contribution in [3.8, 4) is 0 Å². The number of carbonyl (C=O) groups excluding carboxylic acids is 1. The topological polar surface area (TPSA) is 57.6 Å².